The van der Waals surface area contributed by atoms with Crippen LogP contribution in [0.2, 0.25) is 5.02 Å². The third-order valence-electron chi connectivity index (χ3n) is 4.82. The van der Waals surface area contributed by atoms with Crippen LogP contribution >= 0.6 is 11.6 Å². The summed E-state index contributed by atoms with van der Waals surface area (Å²) in [6.07, 6.45) is 5.35. The molecule has 0 unspecified atom stereocenters. The van der Waals surface area contributed by atoms with Crippen LogP contribution < -0.4 is 4.74 Å². The lowest BCUT2D eigenvalue weighted by atomic mass is 10.2. The van der Waals surface area contributed by atoms with E-state index in [0.29, 0.717) is 23.0 Å². The number of carbonyl (C=O) groups is 1. The zero-order valence-electron chi connectivity index (χ0n) is 17.3. The summed E-state index contributed by atoms with van der Waals surface area (Å²) in [5.41, 5.74) is 3.30. The fourth-order valence-electron chi connectivity index (χ4n) is 3.11. The zero-order chi connectivity index (χ0) is 21.8. The molecule has 31 heavy (non-hydrogen) atoms. The molecule has 1 amide bonds. The molecule has 8 heteroatoms. The molecule has 2 heterocycles. The van der Waals surface area contributed by atoms with E-state index in [1.807, 2.05) is 49.5 Å². The van der Waals surface area contributed by atoms with Gasteiger partial charge < -0.3 is 9.64 Å². The predicted octanol–water partition coefficient (Wildman–Crippen LogP) is 4.34. The van der Waals surface area contributed by atoms with Crippen LogP contribution in [0.15, 0.2) is 73.2 Å². The van der Waals surface area contributed by atoms with Crippen molar-refractivity contribution in [2.75, 3.05) is 7.05 Å². The first-order chi connectivity index (χ1) is 15.0. The van der Waals surface area contributed by atoms with Crippen LogP contribution in [0.5, 0.6) is 5.75 Å². The molecule has 0 saturated carbocycles. The second-order valence-corrected chi connectivity index (χ2v) is 7.61. The number of halogens is 1. The lowest BCUT2D eigenvalue weighted by Gasteiger charge is -2.16. The molecule has 0 radical (unpaired) electrons. The van der Waals surface area contributed by atoms with E-state index in [9.17, 15) is 4.79 Å². The number of aromatic nitrogens is 4. The second kappa shape index (κ2) is 9.06. The Morgan fingerprint density at radius 3 is 2.65 bits per heavy atom. The Morgan fingerprint density at radius 1 is 1.13 bits per heavy atom. The van der Waals surface area contributed by atoms with E-state index in [2.05, 4.69) is 10.2 Å². The summed E-state index contributed by atoms with van der Waals surface area (Å²) < 4.78 is 9.11. The number of carbonyl (C=O) groups excluding carboxylic acids is 1. The smallest absolute Gasteiger partial charge is 0.274 e. The van der Waals surface area contributed by atoms with Crippen LogP contribution in [0.4, 0.5) is 0 Å². The van der Waals surface area contributed by atoms with E-state index in [1.165, 1.54) is 0 Å². The first kappa shape index (κ1) is 20.7. The quantitative estimate of drug-likeness (QED) is 0.433. The van der Waals surface area contributed by atoms with Crippen LogP contribution in [0, 0.1) is 6.92 Å². The summed E-state index contributed by atoms with van der Waals surface area (Å²) in [5, 5.41) is 9.25. The van der Waals surface area contributed by atoms with Crippen LogP contribution in [0.25, 0.3) is 5.69 Å². The third-order valence-corrected chi connectivity index (χ3v) is 5.25. The molecular weight excluding hydrogens is 414 g/mol. The Kier molecular flexibility index (Phi) is 6.04. The topological polar surface area (TPSA) is 65.2 Å². The summed E-state index contributed by atoms with van der Waals surface area (Å²) in [5.74, 6) is 0.540. The largest absolute Gasteiger partial charge is 0.471 e. The van der Waals surface area contributed by atoms with Gasteiger partial charge in [-0.05, 0) is 60.5 Å². The Labute approximate surface area is 185 Å². The minimum absolute atomic E-state index is 0.155. The molecule has 0 aliphatic rings. The monoisotopic (exact) mass is 435 g/mol. The van der Waals surface area contributed by atoms with Gasteiger partial charge in [-0.3, -0.25) is 4.79 Å². The maximum Gasteiger partial charge on any atom is 0.274 e. The molecule has 0 aliphatic heterocycles. The fraction of sp³-hybridized carbons (Fsp3) is 0.174. The Hall–Kier alpha value is -3.58. The molecule has 0 atom stereocenters. The summed E-state index contributed by atoms with van der Waals surface area (Å²) in [6.45, 7) is 2.60. The number of ether oxygens (including phenoxy) is 1. The van der Waals surface area contributed by atoms with Gasteiger partial charge in [0.05, 0.1) is 5.69 Å². The standard InChI is InChI=1S/C23H22ClN5O2/c1-17-14-20(8-9-21(17)24)31-16-28-13-10-22(26-28)23(30)27(2)15-18-4-6-19(7-5-18)29-12-3-11-25-29/h3-14H,15-16H2,1-2H3. The summed E-state index contributed by atoms with van der Waals surface area (Å²) in [4.78, 5) is 14.4. The van der Waals surface area contributed by atoms with E-state index >= 15 is 0 Å². The van der Waals surface area contributed by atoms with Crippen molar-refractivity contribution in [1.29, 1.82) is 0 Å². The molecule has 2 aromatic heterocycles. The van der Waals surface area contributed by atoms with Gasteiger partial charge >= 0.3 is 0 Å². The SMILES string of the molecule is Cc1cc(OCn2ccc(C(=O)N(C)Cc3ccc(-n4cccn4)cc3)n2)ccc1Cl. The number of rotatable bonds is 7. The number of benzene rings is 2. The maximum atomic E-state index is 12.8. The minimum Gasteiger partial charge on any atom is -0.471 e. The molecule has 4 rings (SSSR count). The highest BCUT2D eigenvalue weighted by Gasteiger charge is 2.15. The normalized spacial score (nSPS) is 10.8. The summed E-state index contributed by atoms with van der Waals surface area (Å²) in [6, 6.07) is 17.0. The Bertz CT molecular complexity index is 1170. The molecular formula is C23H22ClN5O2. The average molecular weight is 436 g/mol. The molecule has 0 fully saturated rings. The number of aryl methyl sites for hydroxylation is 1. The van der Waals surface area contributed by atoms with Crippen LogP contribution in [0.3, 0.4) is 0 Å². The molecule has 0 spiro atoms. The van der Waals surface area contributed by atoms with Crippen molar-refractivity contribution >= 4 is 17.5 Å². The van der Waals surface area contributed by atoms with Crippen molar-refractivity contribution < 1.29 is 9.53 Å². The fourth-order valence-corrected chi connectivity index (χ4v) is 3.23. The van der Waals surface area contributed by atoms with Gasteiger partial charge in [0.25, 0.3) is 5.91 Å². The van der Waals surface area contributed by atoms with E-state index in [4.69, 9.17) is 16.3 Å². The molecule has 0 bridgehead atoms. The van der Waals surface area contributed by atoms with Crippen molar-refractivity contribution in [2.45, 2.75) is 20.2 Å². The van der Waals surface area contributed by atoms with Crippen molar-refractivity contribution in [3.8, 4) is 11.4 Å². The summed E-state index contributed by atoms with van der Waals surface area (Å²) >= 11 is 6.04. The van der Waals surface area contributed by atoms with Crippen molar-refractivity contribution in [1.82, 2.24) is 24.5 Å². The van der Waals surface area contributed by atoms with E-state index in [1.54, 1.807) is 51.9 Å². The number of nitrogens with zero attached hydrogens (tertiary/aromatic N) is 5. The third kappa shape index (κ3) is 4.95. The molecule has 0 aliphatic carbocycles. The van der Waals surface area contributed by atoms with Gasteiger partial charge in [0.2, 0.25) is 0 Å². The van der Waals surface area contributed by atoms with Gasteiger partial charge in [0.15, 0.2) is 12.4 Å². The van der Waals surface area contributed by atoms with Crippen molar-refractivity contribution in [3.05, 3.63) is 95.0 Å². The lowest BCUT2D eigenvalue weighted by Crippen LogP contribution is -2.26. The van der Waals surface area contributed by atoms with Gasteiger partial charge in [-0.15, -0.1) is 0 Å². The highest BCUT2D eigenvalue weighted by atomic mass is 35.5. The number of amides is 1. The Morgan fingerprint density at radius 2 is 1.94 bits per heavy atom. The van der Waals surface area contributed by atoms with Gasteiger partial charge in [-0.25, -0.2) is 9.36 Å². The van der Waals surface area contributed by atoms with Crippen molar-refractivity contribution in [2.24, 2.45) is 0 Å². The first-order valence-electron chi connectivity index (χ1n) is 9.76. The highest BCUT2D eigenvalue weighted by Crippen LogP contribution is 2.21. The zero-order valence-corrected chi connectivity index (χ0v) is 18.0. The molecule has 7 nitrogen and oxygen atoms in total. The van der Waals surface area contributed by atoms with Crippen LogP contribution in [-0.2, 0) is 13.3 Å². The van der Waals surface area contributed by atoms with Gasteiger partial charge in [0, 0.05) is 37.2 Å². The molecule has 4 aromatic rings. The van der Waals surface area contributed by atoms with Crippen LogP contribution in [-0.4, -0.2) is 37.4 Å². The second-order valence-electron chi connectivity index (χ2n) is 7.20. The van der Waals surface area contributed by atoms with E-state index in [0.717, 1.165) is 16.8 Å². The molecule has 0 saturated heterocycles. The Balaban J connectivity index is 1.34. The van der Waals surface area contributed by atoms with Crippen molar-refractivity contribution in [3.63, 3.8) is 0 Å². The van der Waals surface area contributed by atoms with Gasteiger partial charge in [-0.2, -0.15) is 10.2 Å². The van der Waals surface area contributed by atoms with Crippen LogP contribution in [0.1, 0.15) is 21.6 Å². The number of hydrogen-bond acceptors (Lipinski definition) is 4. The summed E-state index contributed by atoms with van der Waals surface area (Å²) in [7, 11) is 1.76. The molecule has 158 valence electrons. The van der Waals surface area contributed by atoms with E-state index < -0.39 is 0 Å². The van der Waals surface area contributed by atoms with Gasteiger partial charge in [-0.1, -0.05) is 23.7 Å². The molecule has 2 aromatic carbocycles. The molecule has 0 N–H and O–H groups in total. The minimum atomic E-state index is -0.155. The average Bonchev–Trinajstić information content (AvgIpc) is 3.47. The lowest BCUT2D eigenvalue weighted by molar-refractivity contribution is 0.0777. The van der Waals surface area contributed by atoms with Gasteiger partial charge in [0.1, 0.15) is 5.75 Å². The maximum absolute atomic E-state index is 12.8. The predicted molar refractivity (Wildman–Crippen MR) is 118 cm³/mol. The first-order valence-corrected chi connectivity index (χ1v) is 10.1. The number of hydrogen-bond donors (Lipinski definition) is 0. The highest BCUT2D eigenvalue weighted by molar-refractivity contribution is 6.31. The van der Waals surface area contributed by atoms with E-state index in [-0.39, 0.29) is 12.6 Å².